The van der Waals surface area contributed by atoms with Gasteiger partial charge in [0, 0.05) is 29.7 Å². The first-order valence-corrected chi connectivity index (χ1v) is 8.79. The van der Waals surface area contributed by atoms with E-state index in [1.54, 1.807) is 23.4 Å². The minimum atomic E-state index is 0.568. The van der Waals surface area contributed by atoms with E-state index in [4.69, 9.17) is 0 Å². The highest BCUT2D eigenvalue weighted by atomic mass is 15.3. The van der Waals surface area contributed by atoms with Crippen LogP contribution in [0.25, 0.3) is 28.6 Å². The van der Waals surface area contributed by atoms with Crippen LogP contribution in [-0.4, -0.2) is 39.3 Å². The smallest absolute Gasteiger partial charge is 0.160 e. The second-order valence-corrected chi connectivity index (χ2v) is 6.20. The second kappa shape index (κ2) is 6.92. The highest BCUT2D eigenvalue weighted by molar-refractivity contribution is 5.75. The molecule has 8 nitrogen and oxygen atoms in total. The Morgan fingerprint density at radius 3 is 2.61 bits per heavy atom. The van der Waals surface area contributed by atoms with Crippen molar-refractivity contribution in [3.63, 3.8) is 0 Å². The molecular formula is C20H16N8. The SMILES string of the molecule is c1ccc(-c2ncn(Cc3cccnc3-n3cncn3)c2-c2ncc[nH]2)cc1. The van der Waals surface area contributed by atoms with E-state index in [0.29, 0.717) is 6.54 Å². The van der Waals surface area contributed by atoms with Crippen LogP contribution in [0.3, 0.4) is 0 Å². The molecule has 5 aromatic rings. The van der Waals surface area contributed by atoms with Gasteiger partial charge in [-0.25, -0.2) is 24.6 Å². The van der Waals surface area contributed by atoms with Gasteiger partial charge in [-0.2, -0.15) is 5.10 Å². The standard InChI is InChI=1S/C20H16N8/c1-2-5-15(6-3-1)17-18(19-22-9-10-23-19)27(14-25-17)11-16-7-4-8-24-20(16)28-13-21-12-26-28/h1-10,12-14H,11H2,(H,22,23). The van der Waals surface area contributed by atoms with Gasteiger partial charge in [-0.05, 0) is 6.07 Å². The molecule has 0 fully saturated rings. The number of benzene rings is 1. The number of aromatic amines is 1. The summed E-state index contributed by atoms with van der Waals surface area (Å²) >= 11 is 0. The lowest BCUT2D eigenvalue weighted by molar-refractivity contribution is 0.761. The van der Waals surface area contributed by atoms with Gasteiger partial charge in [-0.1, -0.05) is 36.4 Å². The number of nitrogens with zero attached hydrogens (tertiary/aromatic N) is 7. The van der Waals surface area contributed by atoms with Crippen LogP contribution in [0.4, 0.5) is 0 Å². The van der Waals surface area contributed by atoms with Gasteiger partial charge in [0.15, 0.2) is 11.6 Å². The van der Waals surface area contributed by atoms with Crippen molar-refractivity contribution < 1.29 is 0 Å². The largest absolute Gasteiger partial charge is 0.343 e. The van der Waals surface area contributed by atoms with Crippen molar-refractivity contribution in [1.82, 2.24) is 39.3 Å². The van der Waals surface area contributed by atoms with E-state index in [1.807, 2.05) is 55.0 Å². The summed E-state index contributed by atoms with van der Waals surface area (Å²) in [5.74, 6) is 1.50. The molecule has 1 N–H and O–H groups in total. The van der Waals surface area contributed by atoms with Gasteiger partial charge < -0.3 is 9.55 Å². The Balaban J connectivity index is 1.62. The lowest BCUT2D eigenvalue weighted by Crippen LogP contribution is -2.08. The summed E-state index contributed by atoms with van der Waals surface area (Å²) in [6, 6.07) is 14.0. The van der Waals surface area contributed by atoms with E-state index in [1.165, 1.54) is 6.33 Å². The van der Waals surface area contributed by atoms with Gasteiger partial charge in [0.25, 0.3) is 0 Å². The van der Waals surface area contributed by atoms with Gasteiger partial charge >= 0.3 is 0 Å². The molecule has 136 valence electrons. The number of rotatable bonds is 5. The Kier molecular flexibility index (Phi) is 3.98. The maximum Gasteiger partial charge on any atom is 0.160 e. The van der Waals surface area contributed by atoms with Crippen molar-refractivity contribution in [2.45, 2.75) is 6.54 Å². The molecular weight excluding hydrogens is 352 g/mol. The van der Waals surface area contributed by atoms with Crippen molar-refractivity contribution in [3.8, 4) is 28.6 Å². The molecule has 4 aromatic heterocycles. The number of hydrogen-bond donors (Lipinski definition) is 1. The molecule has 0 unspecified atom stereocenters. The molecule has 0 radical (unpaired) electrons. The number of imidazole rings is 2. The van der Waals surface area contributed by atoms with E-state index in [-0.39, 0.29) is 0 Å². The van der Waals surface area contributed by atoms with E-state index in [0.717, 1.165) is 34.2 Å². The van der Waals surface area contributed by atoms with Crippen LogP contribution in [0.1, 0.15) is 5.56 Å². The number of aromatic nitrogens is 8. The highest BCUT2D eigenvalue weighted by Gasteiger charge is 2.18. The van der Waals surface area contributed by atoms with Crippen LogP contribution >= 0.6 is 0 Å². The Labute approximate surface area is 160 Å². The normalized spacial score (nSPS) is 11.0. The van der Waals surface area contributed by atoms with Crippen molar-refractivity contribution in [2.75, 3.05) is 0 Å². The van der Waals surface area contributed by atoms with E-state index in [9.17, 15) is 0 Å². The van der Waals surface area contributed by atoms with Crippen molar-refractivity contribution in [3.05, 3.63) is 85.6 Å². The molecule has 0 atom stereocenters. The molecule has 1 aromatic carbocycles. The van der Waals surface area contributed by atoms with E-state index < -0.39 is 0 Å². The summed E-state index contributed by atoms with van der Waals surface area (Å²) in [5, 5.41) is 4.21. The summed E-state index contributed by atoms with van der Waals surface area (Å²) in [4.78, 5) is 20.8. The zero-order valence-corrected chi connectivity index (χ0v) is 14.8. The van der Waals surface area contributed by atoms with Crippen molar-refractivity contribution in [2.24, 2.45) is 0 Å². The maximum absolute atomic E-state index is 4.68. The van der Waals surface area contributed by atoms with E-state index in [2.05, 4.69) is 34.6 Å². The third-order valence-corrected chi connectivity index (χ3v) is 4.45. The zero-order valence-electron chi connectivity index (χ0n) is 14.8. The monoisotopic (exact) mass is 368 g/mol. The first-order valence-electron chi connectivity index (χ1n) is 8.79. The lowest BCUT2D eigenvalue weighted by atomic mass is 10.1. The minimum absolute atomic E-state index is 0.568. The fourth-order valence-corrected chi connectivity index (χ4v) is 3.21. The predicted molar refractivity (Wildman–Crippen MR) is 104 cm³/mol. The van der Waals surface area contributed by atoms with Gasteiger partial charge in [-0.3, -0.25) is 0 Å². The first-order chi connectivity index (χ1) is 13.9. The highest BCUT2D eigenvalue weighted by Crippen LogP contribution is 2.30. The zero-order chi connectivity index (χ0) is 18.8. The summed E-state index contributed by atoms with van der Waals surface area (Å²) in [5.41, 5.74) is 3.83. The van der Waals surface area contributed by atoms with Gasteiger partial charge in [-0.15, -0.1) is 0 Å². The fraction of sp³-hybridized carbons (Fsp3) is 0.0500. The summed E-state index contributed by atoms with van der Waals surface area (Å²) in [6.07, 6.45) is 10.3. The molecule has 0 aliphatic heterocycles. The number of nitrogens with one attached hydrogen (secondary N) is 1. The van der Waals surface area contributed by atoms with Crippen LogP contribution in [0.15, 0.2) is 80.0 Å². The number of hydrogen-bond acceptors (Lipinski definition) is 5. The maximum atomic E-state index is 4.68. The van der Waals surface area contributed by atoms with Crippen LogP contribution in [-0.2, 0) is 6.54 Å². The Morgan fingerprint density at radius 1 is 0.893 bits per heavy atom. The molecule has 0 saturated carbocycles. The van der Waals surface area contributed by atoms with Gasteiger partial charge in [0.05, 0.1) is 18.6 Å². The molecule has 4 heterocycles. The number of H-pyrrole nitrogens is 1. The van der Waals surface area contributed by atoms with Crippen LogP contribution < -0.4 is 0 Å². The molecule has 0 spiro atoms. The molecule has 0 saturated heterocycles. The summed E-state index contributed by atoms with van der Waals surface area (Å²) < 4.78 is 3.73. The van der Waals surface area contributed by atoms with Crippen molar-refractivity contribution in [1.29, 1.82) is 0 Å². The average molecular weight is 368 g/mol. The van der Waals surface area contributed by atoms with Gasteiger partial charge in [0.2, 0.25) is 0 Å². The van der Waals surface area contributed by atoms with E-state index >= 15 is 0 Å². The third-order valence-electron chi connectivity index (χ3n) is 4.45. The molecule has 8 heteroatoms. The second-order valence-electron chi connectivity index (χ2n) is 6.20. The first kappa shape index (κ1) is 16.1. The van der Waals surface area contributed by atoms with Gasteiger partial charge in [0.1, 0.15) is 18.3 Å². The molecule has 28 heavy (non-hydrogen) atoms. The predicted octanol–water partition coefficient (Wildman–Crippen LogP) is 2.96. The van der Waals surface area contributed by atoms with Crippen LogP contribution in [0.5, 0.6) is 0 Å². The molecule has 0 amide bonds. The Hall–Kier alpha value is -4.07. The molecule has 0 aliphatic rings. The summed E-state index contributed by atoms with van der Waals surface area (Å²) in [7, 11) is 0. The molecule has 0 aliphatic carbocycles. The lowest BCUT2D eigenvalue weighted by Gasteiger charge is -2.11. The quantitative estimate of drug-likeness (QED) is 0.515. The summed E-state index contributed by atoms with van der Waals surface area (Å²) in [6.45, 7) is 0.568. The topological polar surface area (TPSA) is 90.1 Å². The minimum Gasteiger partial charge on any atom is -0.343 e. The average Bonchev–Trinajstić information content (AvgIpc) is 3.50. The molecule has 0 bridgehead atoms. The number of pyridine rings is 1. The van der Waals surface area contributed by atoms with Crippen LogP contribution in [0, 0.1) is 0 Å². The fourth-order valence-electron chi connectivity index (χ4n) is 3.21. The van der Waals surface area contributed by atoms with Crippen molar-refractivity contribution >= 4 is 0 Å². The third kappa shape index (κ3) is 2.86. The Morgan fingerprint density at radius 2 is 1.82 bits per heavy atom. The van der Waals surface area contributed by atoms with Crippen LogP contribution in [0.2, 0.25) is 0 Å². The Bertz CT molecular complexity index is 1170. The molecule has 5 rings (SSSR count).